The van der Waals surface area contributed by atoms with E-state index in [1.807, 2.05) is 19.2 Å². The molecule has 3 rings (SSSR count). The number of piperidine rings is 1. The second kappa shape index (κ2) is 9.35. The highest BCUT2D eigenvalue weighted by atomic mass is 32.1. The molecule has 1 aromatic carbocycles. The molecular weight excluding hydrogens is 398 g/mol. The summed E-state index contributed by atoms with van der Waals surface area (Å²) in [4.78, 5) is 27.6. The molecule has 1 aromatic heterocycles. The van der Waals surface area contributed by atoms with Gasteiger partial charge in [-0.15, -0.1) is 11.3 Å². The zero-order valence-corrected chi connectivity index (χ0v) is 17.2. The summed E-state index contributed by atoms with van der Waals surface area (Å²) in [5.41, 5.74) is 0. The number of amides is 2. The molecule has 1 aliphatic rings. The number of hydrogen-bond acceptors (Lipinski definition) is 4. The van der Waals surface area contributed by atoms with Crippen molar-refractivity contribution in [2.24, 2.45) is 5.92 Å². The average Bonchev–Trinajstić information content (AvgIpc) is 3.23. The maximum atomic E-state index is 13.8. The van der Waals surface area contributed by atoms with E-state index in [9.17, 15) is 18.4 Å². The van der Waals surface area contributed by atoms with Gasteiger partial charge in [-0.3, -0.25) is 9.59 Å². The summed E-state index contributed by atoms with van der Waals surface area (Å²) in [6.07, 6.45) is 0.815. The standard InChI is InChI=1S/C21H24F2N2O3S/c1-13(2)19(24-20(26)18-4-3-11-29-18)21(27)25-9-7-15(8-10-25)28-17-6-5-14(22)12-16(17)23/h3-6,11-13,15,19H,7-10H2,1-2H3,(H,24,26). The number of carbonyl (C=O) groups excluding carboxylic acids is 2. The van der Waals surface area contributed by atoms with Gasteiger partial charge >= 0.3 is 0 Å². The molecule has 2 amide bonds. The summed E-state index contributed by atoms with van der Waals surface area (Å²) in [6, 6.07) is 6.12. The van der Waals surface area contributed by atoms with Crippen molar-refractivity contribution in [3.8, 4) is 5.75 Å². The summed E-state index contributed by atoms with van der Waals surface area (Å²) in [5.74, 6) is -1.82. The summed E-state index contributed by atoms with van der Waals surface area (Å²) in [5, 5.41) is 4.66. The Morgan fingerprint density at radius 2 is 1.93 bits per heavy atom. The molecule has 1 unspecified atom stereocenters. The molecule has 0 aliphatic carbocycles. The van der Waals surface area contributed by atoms with Gasteiger partial charge in [-0.1, -0.05) is 19.9 Å². The van der Waals surface area contributed by atoms with Crippen LogP contribution >= 0.6 is 11.3 Å². The Morgan fingerprint density at radius 3 is 2.52 bits per heavy atom. The van der Waals surface area contributed by atoms with E-state index in [2.05, 4.69) is 5.32 Å². The van der Waals surface area contributed by atoms with Gasteiger partial charge < -0.3 is 15.0 Å². The molecule has 0 bridgehead atoms. The Labute approximate surface area is 172 Å². The molecule has 1 fully saturated rings. The predicted octanol–water partition coefficient (Wildman–Crippen LogP) is 3.85. The first kappa shape index (κ1) is 21.2. The second-order valence-corrected chi connectivity index (χ2v) is 8.34. The van der Waals surface area contributed by atoms with Gasteiger partial charge in [0.25, 0.3) is 5.91 Å². The lowest BCUT2D eigenvalue weighted by Crippen LogP contribution is -2.53. The van der Waals surface area contributed by atoms with E-state index in [1.165, 1.54) is 17.4 Å². The van der Waals surface area contributed by atoms with Crippen LogP contribution in [0.3, 0.4) is 0 Å². The number of ether oxygens (including phenoxy) is 1. The van der Waals surface area contributed by atoms with Crippen LogP contribution < -0.4 is 10.1 Å². The lowest BCUT2D eigenvalue weighted by Gasteiger charge is -2.35. The van der Waals surface area contributed by atoms with Crippen LogP contribution in [-0.4, -0.2) is 41.9 Å². The van der Waals surface area contributed by atoms with E-state index >= 15 is 0 Å². The number of rotatable bonds is 6. The van der Waals surface area contributed by atoms with Gasteiger partial charge in [-0.25, -0.2) is 8.78 Å². The number of benzene rings is 1. The van der Waals surface area contributed by atoms with Crippen LogP contribution in [0.15, 0.2) is 35.7 Å². The first-order chi connectivity index (χ1) is 13.8. The fourth-order valence-corrected chi connectivity index (χ4v) is 3.90. The molecule has 156 valence electrons. The van der Waals surface area contributed by atoms with E-state index in [1.54, 1.807) is 17.0 Å². The maximum absolute atomic E-state index is 13.8. The van der Waals surface area contributed by atoms with Crippen LogP contribution in [0.1, 0.15) is 36.4 Å². The Kier molecular flexibility index (Phi) is 6.84. The lowest BCUT2D eigenvalue weighted by atomic mass is 10.00. The van der Waals surface area contributed by atoms with Crippen molar-refractivity contribution in [2.75, 3.05) is 13.1 Å². The smallest absolute Gasteiger partial charge is 0.262 e. The average molecular weight is 422 g/mol. The number of nitrogens with zero attached hydrogens (tertiary/aromatic N) is 1. The van der Waals surface area contributed by atoms with Crippen molar-refractivity contribution in [1.29, 1.82) is 0 Å². The van der Waals surface area contributed by atoms with E-state index in [0.717, 1.165) is 12.1 Å². The molecule has 0 radical (unpaired) electrons. The van der Waals surface area contributed by atoms with E-state index in [4.69, 9.17) is 4.74 Å². The zero-order valence-electron chi connectivity index (χ0n) is 16.4. The largest absolute Gasteiger partial charge is 0.487 e. The number of carbonyl (C=O) groups is 2. The Bertz CT molecular complexity index is 850. The van der Waals surface area contributed by atoms with Crippen molar-refractivity contribution in [3.63, 3.8) is 0 Å². The molecule has 1 N–H and O–H groups in total. The van der Waals surface area contributed by atoms with Crippen molar-refractivity contribution in [3.05, 3.63) is 52.2 Å². The fraction of sp³-hybridized carbons (Fsp3) is 0.429. The van der Waals surface area contributed by atoms with Gasteiger partial charge in [0.05, 0.1) is 4.88 Å². The fourth-order valence-electron chi connectivity index (χ4n) is 3.27. The van der Waals surface area contributed by atoms with E-state index in [0.29, 0.717) is 30.8 Å². The van der Waals surface area contributed by atoms with Crippen LogP contribution in [-0.2, 0) is 4.79 Å². The van der Waals surface area contributed by atoms with Gasteiger partial charge in [0, 0.05) is 32.0 Å². The first-order valence-electron chi connectivity index (χ1n) is 9.60. The molecule has 1 aliphatic heterocycles. The molecule has 1 saturated heterocycles. The second-order valence-electron chi connectivity index (χ2n) is 7.39. The normalized spacial score (nSPS) is 16.0. The Balaban J connectivity index is 1.56. The van der Waals surface area contributed by atoms with Crippen molar-refractivity contribution >= 4 is 23.2 Å². The molecular formula is C21H24F2N2O3S. The quantitative estimate of drug-likeness (QED) is 0.769. The number of hydrogen-bond donors (Lipinski definition) is 1. The highest BCUT2D eigenvalue weighted by Crippen LogP contribution is 2.23. The summed E-state index contributed by atoms with van der Waals surface area (Å²) in [7, 11) is 0. The van der Waals surface area contributed by atoms with Crippen LogP contribution in [0.2, 0.25) is 0 Å². The summed E-state index contributed by atoms with van der Waals surface area (Å²) >= 11 is 1.33. The first-order valence-corrected chi connectivity index (χ1v) is 10.5. The van der Waals surface area contributed by atoms with Gasteiger partial charge in [-0.05, 0) is 29.5 Å². The highest BCUT2D eigenvalue weighted by Gasteiger charge is 2.32. The van der Waals surface area contributed by atoms with Crippen LogP contribution in [0.25, 0.3) is 0 Å². The monoisotopic (exact) mass is 422 g/mol. The molecule has 0 saturated carbocycles. The SMILES string of the molecule is CC(C)C(NC(=O)c1cccs1)C(=O)N1CCC(Oc2ccc(F)cc2F)CC1. The van der Waals surface area contributed by atoms with E-state index < -0.39 is 17.7 Å². The molecule has 2 heterocycles. The Morgan fingerprint density at radius 1 is 1.21 bits per heavy atom. The Hall–Kier alpha value is -2.48. The number of thiophene rings is 1. The van der Waals surface area contributed by atoms with Gasteiger partial charge in [0.15, 0.2) is 11.6 Å². The third-order valence-electron chi connectivity index (χ3n) is 4.91. The number of likely N-dealkylation sites (tertiary alicyclic amines) is 1. The molecule has 8 heteroatoms. The number of halogens is 2. The van der Waals surface area contributed by atoms with Crippen molar-refractivity contribution in [2.45, 2.75) is 38.8 Å². The highest BCUT2D eigenvalue weighted by molar-refractivity contribution is 7.12. The molecule has 5 nitrogen and oxygen atoms in total. The third kappa shape index (κ3) is 5.32. The topological polar surface area (TPSA) is 58.6 Å². The minimum atomic E-state index is -0.736. The van der Waals surface area contributed by atoms with Crippen LogP contribution in [0, 0.1) is 17.6 Å². The summed E-state index contributed by atoms with van der Waals surface area (Å²) < 4.78 is 32.4. The molecule has 29 heavy (non-hydrogen) atoms. The van der Waals surface area contributed by atoms with Crippen LogP contribution in [0.4, 0.5) is 8.78 Å². The molecule has 1 atom stereocenters. The van der Waals surface area contributed by atoms with Gasteiger partial charge in [-0.2, -0.15) is 0 Å². The van der Waals surface area contributed by atoms with Crippen molar-refractivity contribution < 1.29 is 23.1 Å². The zero-order chi connectivity index (χ0) is 21.0. The molecule has 2 aromatic rings. The maximum Gasteiger partial charge on any atom is 0.262 e. The number of nitrogens with one attached hydrogen (secondary N) is 1. The summed E-state index contributed by atoms with van der Waals surface area (Å²) in [6.45, 7) is 4.68. The third-order valence-corrected chi connectivity index (χ3v) is 5.77. The van der Waals surface area contributed by atoms with Crippen molar-refractivity contribution in [1.82, 2.24) is 10.2 Å². The lowest BCUT2D eigenvalue weighted by molar-refractivity contribution is -0.136. The van der Waals surface area contributed by atoms with Gasteiger partial charge in [0.2, 0.25) is 5.91 Å². The van der Waals surface area contributed by atoms with E-state index in [-0.39, 0.29) is 29.6 Å². The predicted molar refractivity (Wildman–Crippen MR) is 107 cm³/mol. The molecule has 0 spiro atoms. The minimum absolute atomic E-state index is 0.0134. The minimum Gasteiger partial charge on any atom is -0.487 e. The van der Waals surface area contributed by atoms with Crippen LogP contribution in [0.5, 0.6) is 5.75 Å². The van der Waals surface area contributed by atoms with Gasteiger partial charge in [0.1, 0.15) is 18.0 Å².